The molecule has 3 aliphatic heterocycles. The first kappa shape index (κ1) is 24.7. The van der Waals surface area contributed by atoms with Crippen LogP contribution in [0.2, 0.25) is 0 Å². The molecule has 5 rings (SSSR count). The first-order valence-electron chi connectivity index (χ1n) is 11.6. The Morgan fingerprint density at radius 2 is 1.56 bits per heavy atom. The molecule has 0 aliphatic carbocycles. The minimum Gasteiger partial charge on any atom is -0.399 e. The Labute approximate surface area is 195 Å². The number of hydrogen-bond acceptors (Lipinski definition) is 7. The molecule has 4 unspecified atom stereocenters. The van der Waals surface area contributed by atoms with Crippen molar-refractivity contribution in [3.05, 3.63) is 30.3 Å². The highest BCUT2D eigenvalue weighted by Crippen LogP contribution is 2.32. The third-order valence-electron chi connectivity index (χ3n) is 6.27. The van der Waals surface area contributed by atoms with Crippen molar-refractivity contribution in [2.24, 2.45) is 0 Å². The van der Waals surface area contributed by atoms with Crippen LogP contribution in [0, 0.1) is 0 Å². The molecule has 3 aliphatic rings. The van der Waals surface area contributed by atoms with Crippen LogP contribution in [0.4, 0.5) is 17.3 Å². The molecule has 0 radical (unpaired) electrons. The second-order valence-corrected chi connectivity index (χ2v) is 8.34. The van der Waals surface area contributed by atoms with Crippen molar-refractivity contribution in [2.45, 2.75) is 57.8 Å². The lowest BCUT2D eigenvalue weighted by atomic mass is 10.1. The molecular formula is C24H38N5O2P. The number of rotatable bonds is 4. The lowest BCUT2D eigenvalue weighted by molar-refractivity contribution is 0.0302. The van der Waals surface area contributed by atoms with E-state index in [0.717, 1.165) is 80.6 Å². The van der Waals surface area contributed by atoms with Gasteiger partial charge < -0.3 is 25.0 Å². The summed E-state index contributed by atoms with van der Waals surface area (Å²) in [6.07, 6.45) is 5.39. The molecule has 0 amide bonds. The Bertz CT molecular complexity index is 854. The summed E-state index contributed by atoms with van der Waals surface area (Å²) in [7, 11) is 1.79. The molecule has 2 aromatic rings. The summed E-state index contributed by atoms with van der Waals surface area (Å²) < 4.78 is 11.7. The van der Waals surface area contributed by atoms with Gasteiger partial charge in [0.2, 0.25) is 0 Å². The number of ether oxygens (including phenoxy) is 2. The van der Waals surface area contributed by atoms with Crippen LogP contribution in [-0.2, 0) is 9.47 Å². The van der Waals surface area contributed by atoms with E-state index in [9.17, 15) is 0 Å². The summed E-state index contributed by atoms with van der Waals surface area (Å²) in [6.45, 7) is 7.65. The Balaban J connectivity index is 0.000000938. The highest BCUT2D eigenvalue weighted by atomic mass is 31.0. The van der Waals surface area contributed by atoms with Crippen molar-refractivity contribution in [1.82, 2.24) is 9.97 Å². The summed E-state index contributed by atoms with van der Waals surface area (Å²) in [6, 6.07) is 9.94. The number of morpholine rings is 1. The van der Waals surface area contributed by atoms with Crippen molar-refractivity contribution in [3.63, 3.8) is 0 Å². The molecule has 4 heterocycles. The minimum absolute atomic E-state index is 0. The fourth-order valence-corrected chi connectivity index (χ4v) is 4.65. The number of fused-ring (bicyclic) bond motifs is 2. The molecule has 1 aromatic heterocycles. The highest BCUT2D eigenvalue weighted by molar-refractivity contribution is 6.92. The third-order valence-corrected chi connectivity index (χ3v) is 6.27. The maximum atomic E-state index is 6.03. The largest absolute Gasteiger partial charge is 0.399 e. The number of methoxy groups -OCH3 is 1. The lowest BCUT2D eigenvalue weighted by Crippen LogP contribution is -2.43. The average molecular weight is 460 g/mol. The van der Waals surface area contributed by atoms with Crippen LogP contribution >= 0.6 is 9.90 Å². The lowest BCUT2D eigenvalue weighted by Gasteiger charge is -2.35. The third kappa shape index (κ3) is 5.51. The number of benzene rings is 1. The number of nitrogens with zero attached hydrogens (tertiary/aromatic N) is 4. The van der Waals surface area contributed by atoms with Crippen molar-refractivity contribution >= 4 is 27.2 Å². The Morgan fingerprint density at radius 1 is 0.938 bits per heavy atom. The van der Waals surface area contributed by atoms with Gasteiger partial charge in [-0.1, -0.05) is 13.8 Å². The quantitative estimate of drug-likeness (QED) is 0.551. The Hall–Kier alpha value is -1.95. The van der Waals surface area contributed by atoms with Gasteiger partial charge in [-0.3, -0.25) is 0 Å². The second-order valence-electron chi connectivity index (χ2n) is 8.34. The van der Waals surface area contributed by atoms with Crippen LogP contribution in [0.15, 0.2) is 30.3 Å². The predicted molar refractivity (Wildman–Crippen MR) is 137 cm³/mol. The van der Waals surface area contributed by atoms with E-state index in [-0.39, 0.29) is 16.0 Å². The number of piperidine rings is 1. The minimum atomic E-state index is 0. The van der Waals surface area contributed by atoms with Gasteiger partial charge in [-0.25, -0.2) is 9.97 Å². The van der Waals surface area contributed by atoms with Crippen molar-refractivity contribution in [1.29, 1.82) is 0 Å². The van der Waals surface area contributed by atoms with Gasteiger partial charge in [0.1, 0.15) is 11.6 Å². The van der Waals surface area contributed by atoms with E-state index in [1.165, 1.54) is 0 Å². The van der Waals surface area contributed by atoms with Crippen molar-refractivity contribution in [2.75, 3.05) is 48.8 Å². The zero-order valence-electron chi connectivity index (χ0n) is 19.7. The normalized spacial score (nSPS) is 24.4. The molecule has 0 spiro atoms. The van der Waals surface area contributed by atoms with Gasteiger partial charge in [-0.2, -0.15) is 9.90 Å². The fraction of sp³-hybridized carbons (Fsp3) is 0.583. The van der Waals surface area contributed by atoms with Gasteiger partial charge >= 0.3 is 0 Å². The maximum absolute atomic E-state index is 6.03. The summed E-state index contributed by atoms with van der Waals surface area (Å²) in [5.74, 6) is 2.71. The molecule has 7 nitrogen and oxygen atoms in total. The number of nitrogens with two attached hydrogens (primary N) is 1. The summed E-state index contributed by atoms with van der Waals surface area (Å²) >= 11 is 0. The van der Waals surface area contributed by atoms with Crippen LogP contribution in [-0.4, -0.2) is 61.6 Å². The molecule has 3 saturated heterocycles. The fourth-order valence-electron chi connectivity index (χ4n) is 4.65. The topological polar surface area (TPSA) is 76.7 Å². The molecule has 8 heteroatoms. The van der Waals surface area contributed by atoms with Crippen molar-refractivity contribution in [3.8, 4) is 11.4 Å². The Morgan fingerprint density at radius 3 is 2.19 bits per heavy atom. The summed E-state index contributed by atoms with van der Waals surface area (Å²) in [4.78, 5) is 14.6. The first-order valence-corrected chi connectivity index (χ1v) is 11.6. The van der Waals surface area contributed by atoms with E-state index in [2.05, 4.69) is 15.9 Å². The summed E-state index contributed by atoms with van der Waals surface area (Å²) in [5.41, 5.74) is 7.61. The zero-order valence-corrected chi connectivity index (χ0v) is 21.1. The first-order chi connectivity index (χ1) is 15.2. The van der Waals surface area contributed by atoms with E-state index < -0.39 is 0 Å². The molecule has 4 atom stereocenters. The molecule has 1 aromatic carbocycles. The molecule has 0 saturated carbocycles. The van der Waals surface area contributed by atoms with E-state index in [1.54, 1.807) is 7.11 Å². The van der Waals surface area contributed by atoms with Crippen LogP contribution in [0.25, 0.3) is 11.4 Å². The van der Waals surface area contributed by atoms with Gasteiger partial charge in [0.05, 0.1) is 18.3 Å². The number of anilines is 3. The van der Waals surface area contributed by atoms with Crippen LogP contribution < -0.4 is 15.5 Å². The van der Waals surface area contributed by atoms with Gasteiger partial charge in [0, 0.05) is 50.6 Å². The second kappa shape index (κ2) is 11.3. The number of aromatic nitrogens is 2. The van der Waals surface area contributed by atoms with E-state index in [4.69, 9.17) is 25.2 Å². The molecule has 2 N–H and O–H groups in total. The van der Waals surface area contributed by atoms with Crippen LogP contribution in [0.1, 0.15) is 39.5 Å². The van der Waals surface area contributed by atoms with Crippen LogP contribution in [0.3, 0.4) is 0 Å². The van der Waals surface area contributed by atoms with Crippen LogP contribution in [0.5, 0.6) is 0 Å². The van der Waals surface area contributed by atoms with Gasteiger partial charge in [0.15, 0.2) is 5.82 Å². The molecular weight excluding hydrogens is 421 g/mol. The predicted octanol–water partition coefficient (Wildman–Crippen LogP) is 3.79. The average Bonchev–Trinajstić information content (AvgIpc) is 3.17. The van der Waals surface area contributed by atoms with E-state index in [1.807, 2.05) is 38.1 Å². The molecule has 3 fully saturated rings. The van der Waals surface area contributed by atoms with E-state index >= 15 is 0 Å². The monoisotopic (exact) mass is 459 g/mol. The Kier molecular flexibility index (Phi) is 8.69. The highest BCUT2D eigenvalue weighted by Gasteiger charge is 2.35. The summed E-state index contributed by atoms with van der Waals surface area (Å²) in [5, 5.41) is 0. The smallest absolute Gasteiger partial charge is 0.163 e. The molecule has 32 heavy (non-hydrogen) atoms. The molecule has 176 valence electrons. The standard InChI is InChI=1S/C22H29N5O2.C2H6.H3P/c1-28-17-3-2-10-26(12-17)20-11-21(27-13-18-8-9-19(14-27)29-18)25-22(24-20)15-4-6-16(23)7-5-15;1-2;/h4-7,11,17-19H,2-3,8-10,12-14,23H2,1H3;1-2H3;1H3. The number of nitrogen functional groups attached to an aromatic ring is 1. The molecule has 2 bridgehead atoms. The van der Waals surface area contributed by atoms with Crippen molar-refractivity contribution < 1.29 is 9.47 Å². The zero-order chi connectivity index (χ0) is 21.8. The van der Waals surface area contributed by atoms with E-state index in [0.29, 0.717) is 12.2 Å². The van der Waals surface area contributed by atoms with Gasteiger partial charge in [-0.15, -0.1) is 0 Å². The van der Waals surface area contributed by atoms with Gasteiger partial charge in [-0.05, 0) is 49.9 Å². The number of hydrogen-bond donors (Lipinski definition) is 1. The maximum Gasteiger partial charge on any atom is 0.163 e. The SMILES string of the molecule is CC.COC1CCCN(c2cc(N3CC4CCC(C3)O4)nc(-c3ccc(N)cc3)n2)C1.P. The van der Waals surface area contributed by atoms with Gasteiger partial charge in [0.25, 0.3) is 0 Å².